The average Bonchev–Trinajstić information content (AvgIpc) is 3.63. The molecule has 2 aliphatic carbocycles. The minimum atomic E-state index is -0.144. The summed E-state index contributed by atoms with van der Waals surface area (Å²) >= 11 is 0. The predicted octanol–water partition coefficient (Wildman–Crippen LogP) is 15.0. The van der Waals surface area contributed by atoms with Crippen LogP contribution < -0.4 is 9.80 Å². The Morgan fingerprint density at radius 1 is 0.483 bits per heavy atom. The monoisotopic (exact) mass is 750 g/mol. The molecule has 0 saturated heterocycles. The quantitative estimate of drug-likeness (QED) is 0.136. The highest BCUT2D eigenvalue weighted by atomic mass is 15.1. The number of para-hydroxylation sites is 1. The zero-order valence-corrected chi connectivity index (χ0v) is 34.4. The third-order valence-corrected chi connectivity index (χ3v) is 12.6. The lowest BCUT2D eigenvalue weighted by Crippen LogP contribution is -2.19. The number of hydrogen-bond acceptors (Lipinski definition) is 2. The molecule has 58 heavy (non-hydrogen) atoms. The first kappa shape index (κ1) is 37.0. The van der Waals surface area contributed by atoms with Gasteiger partial charge in [0, 0.05) is 51.9 Å². The van der Waals surface area contributed by atoms with E-state index in [2.05, 4.69) is 234 Å². The molecule has 0 heterocycles. The molecule has 0 aliphatic heterocycles. The van der Waals surface area contributed by atoms with Gasteiger partial charge in [-0.1, -0.05) is 162 Å². The van der Waals surface area contributed by atoms with Crippen LogP contribution in [0.3, 0.4) is 0 Å². The van der Waals surface area contributed by atoms with Crippen molar-refractivity contribution in [3.05, 3.63) is 222 Å². The van der Waals surface area contributed by atoms with Crippen molar-refractivity contribution in [3.8, 4) is 33.4 Å². The lowest BCUT2D eigenvalue weighted by atomic mass is 9.82. The molecule has 0 unspecified atom stereocenters. The Morgan fingerprint density at radius 3 is 1.52 bits per heavy atom. The van der Waals surface area contributed by atoms with Crippen molar-refractivity contribution in [2.45, 2.75) is 45.4 Å². The molecule has 0 spiro atoms. The Bertz CT molecular complexity index is 2660. The first-order valence-electron chi connectivity index (χ1n) is 20.4. The van der Waals surface area contributed by atoms with Gasteiger partial charge in [0.2, 0.25) is 0 Å². The van der Waals surface area contributed by atoms with E-state index in [0.717, 1.165) is 50.7 Å². The van der Waals surface area contributed by atoms with Gasteiger partial charge in [-0.3, -0.25) is 0 Å². The number of hydrogen-bond donors (Lipinski definition) is 0. The van der Waals surface area contributed by atoms with Gasteiger partial charge in [0.1, 0.15) is 0 Å². The fraction of sp³-hybridized carbons (Fsp3) is 0.143. The summed E-state index contributed by atoms with van der Waals surface area (Å²) in [6.45, 7) is 15.8. The van der Waals surface area contributed by atoms with Crippen LogP contribution in [0.1, 0.15) is 62.4 Å². The van der Waals surface area contributed by atoms with Crippen LogP contribution in [0.25, 0.3) is 39.0 Å². The molecular weight excluding hydrogens is 701 g/mol. The van der Waals surface area contributed by atoms with Crippen molar-refractivity contribution in [1.82, 2.24) is 0 Å². The molecule has 0 atom stereocenters. The molecule has 0 amide bonds. The van der Waals surface area contributed by atoms with Crippen molar-refractivity contribution < 1.29 is 0 Å². The third-order valence-electron chi connectivity index (χ3n) is 12.6. The molecule has 2 aliphatic rings. The fourth-order valence-corrected chi connectivity index (χ4v) is 9.57. The summed E-state index contributed by atoms with van der Waals surface area (Å²) in [7, 11) is 2.14. The van der Waals surface area contributed by atoms with Crippen molar-refractivity contribution >= 4 is 28.3 Å². The molecule has 0 radical (unpaired) electrons. The number of anilines is 4. The van der Waals surface area contributed by atoms with E-state index in [0.29, 0.717) is 0 Å². The van der Waals surface area contributed by atoms with Crippen molar-refractivity contribution in [1.29, 1.82) is 0 Å². The van der Waals surface area contributed by atoms with E-state index in [1.807, 2.05) is 6.08 Å². The molecule has 0 saturated carbocycles. The number of likely N-dealkylation sites (N-methyl/N-ethyl adjacent to an activating group) is 1. The van der Waals surface area contributed by atoms with E-state index < -0.39 is 0 Å². The Labute approximate surface area is 344 Å². The van der Waals surface area contributed by atoms with Gasteiger partial charge in [0.25, 0.3) is 0 Å². The Hall–Kier alpha value is -6.64. The Kier molecular flexibility index (Phi) is 9.17. The number of fused-ring (bicyclic) bond motifs is 6. The van der Waals surface area contributed by atoms with Crippen molar-refractivity contribution in [3.63, 3.8) is 0 Å². The minimum absolute atomic E-state index is 0.144. The standard InChI is InChI=1S/C56H50N2/c1-8-20-45(54(9-2)57(7)41-23-14-11-15-24-41)40-33-39(38-21-12-10-13-22-38)34-44(35-40)58(42-29-31-48-46-25-16-18-27-50(46)55(3,4)52(48)36-42)43-30-32-49-47-26-17-19-28-51(47)56(5,6)53(49)37-43/h8-37H,1H2,2-7H3/b45-20-,54-9+. The summed E-state index contributed by atoms with van der Waals surface area (Å²) in [5.41, 5.74) is 20.5. The molecule has 2 nitrogen and oxygen atoms in total. The second-order valence-corrected chi connectivity index (χ2v) is 16.7. The van der Waals surface area contributed by atoms with Crippen LogP contribution >= 0.6 is 0 Å². The maximum Gasteiger partial charge on any atom is 0.0473 e. The maximum absolute atomic E-state index is 4.20. The maximum atomic E-state index is 4.20. The first-order chi connectivity index (χ1) is 28.1. The summed E-state index contributed by atoms with van der Waals surface area (Å²) in [5.74, 6) is 0. The number of nitrogens with zero attached hydrogens (tertiary/aromatic N) is 2. The third kappa shape index (κ3) is 6.03. The smallest absolute Gasteiger partial charge is 0.0473 e. The minimum Gasteiger partial charge on any atom is -0.344 e. The van der Waals surface area contributed by atoms with Gasteiger partial charge in [-0.25, -0.2) is 0 Å². The topological polar surface area (TPSA) is 6.48 Å². The number of rotatable bonds is 9. The highest BCUT2D eigenvalue weighted by Gasteiger charge is 2.38. The molecule has 9 rings (SSSR count). The van der Waals surface area contributed by atoms with Crippen LogP contribution in [0.2, 0.25) is 0 Å². The second-order valence-electron chi connectivity index (χ2n) is 16.7. The van der Waals surface area contributed by atoms with Crippen molar-refractivity contribution in [2.75, 3.05) is 16.8 Å². The first-order valence-corrected chi connectivity index (χ1v) is 20.4. The molecule has 284 valence electrons. The second kappa shape index (κ2) is 14.4. The lowest BCUT2D eigenvalue weighted by molar-refractivity contribution is 0.660. The van der Waals surface area contributed by atoms with Gasteiger partial charge in [0.05, 0.1) is 0 Å². The van der Waals surface area contributed by atoms with Crippen LogP contribution in [0.15, 0.2) is 194 Å². The van der Waals surface area contributed by atoms with Crippen LogP contribution in [0, 0.1) is 0 Å². The lowest BCUT2D eigenvalue weighted by Gasteiger charge is -2.31. The average molecular weight is 751 g/mol. The van der Waals surface area contributed by atoms with Gasteiger partial charge in [-0.15, -0.1) is 0 Å². The largest absolute Gasteiger partial charge is 0.344 e. The normalized spacial score (nSPS) is 14.6. The van der Waals surface area contributed by atoms with Gasteiger partial charge < -0.3 is 9.80 Å². The predicted molar refractivity (Wildman–Crippen MR) is 248 cm³/mol. The molecule has 0 bridgehead atoms. The van der Waals surface area contributed by atoms with E-state index in [-0.39, 0.29) is 10.8 Å². The van der Waals surface area contributed by atoms with Gasteiger partial charge in [-0.2, -0.15) is 0 Å². The summed E-state index contributed by atoms with van der Waals surface area (Å²) < 4.78 is 0. The van der Waals surface area contributed by atoms with Gasteiger partial charge >= 0.3 is 0 Å². The molecular formula is C56H50N2. The molecule has 7 aromatic carbocycles. The van der Waals surface area contributed by atoms with E-state index in [4.69, 9.17) is 0 Å². The summed E-state index contributed by atoms with van der Waals surface area (Å²) in [5, 5.41) is 0. The SMILES string of the molecule is C=C/C=C(\C(=C/C)N(C)c1ccccc1)c1cc(-c2ccccc2)cc(N(c2ccc3c(c2)C(C)(C)c2ccccc2-3)c2ccc3c(c2)C(C)(C)c2ccccc2-3)c1. The zero-order chi connectivity index (χ0) is 40.2. The van der Waals surface area contributed by atoms with E-state index in [1.165, 1.54) is 44.5 Å². The highest BCUT2D eigenvalue weighted by molar-refractivity contribution is 5.92. The Balaban J connectivity index is 1.29. The van der Waals surface area contributed by atoms with E-state index in [1.54, 1.807) is 0 Å². The molecule has 0 aromatic heterocycles. The fourth-order valence-electron chi connectivity index (χ4n) is 9.57. The van der Waals surface area contributed by atoms with Crippen LogP contribution in [0.4, 0.5) is 22.7 Å². The van der Waals surface area contributed by atoms with Crippen molar-refractivity contribution in [2.24, 2.45) is 0 Å². The molecule has 0 N–H and O–H groups in total. The number of benzene rings is 7. The van der Waals surface area contributed by atoms with E-state index in [9.17, 15) is 0 Å². The van der Waals surface area contributed by atoms with Crippen LogP contribution in [0.5, 0.6) is 0 Å². The summed E-state index contributed by atoms with van der Waals surface area (Å²) in [6, 6.07) is 60.4. The molecule has 0 fully saturated rings. The van der Waals surface area contributed by atoms with E-state index >= 15 is 0 Å². The highest BCUT2D eigenvalue weighted by Crippen LogP contribution is 2.53. The zero-order valence-electron chi connectivity index (χ0n) is 34.4. The number of allylic oxidation sites excluding steroid dienone is 4. The van der Waals surface area contributed by atoms with Crippen LogP contribution in [-0.4, -0.2) is 7.05 Å². The Morgan fingerprint density at radius 2 is 0.983 bits per heavy atom. The van der Waals surface area contributed by atoms with Gasteiger partial charge in [0.15, 0.2) is 0 Å². The summed E-state index contributed by atoms with van der Waals surface area (Å²) in [4.78, 5) is 4.75. The molecule has 7 aromatic rings. The van der Waals surface area contributed by atoms with Gasteiger partial charge in [-0.05, 0) is 123 Å². The molecule has 2 heteroatoms. The van der Waals surface area contributed by atoms with Crippen LogP contribution in [-0.2, 0) is 10.8 Å². The summed E-state index contributed by atoms with van der Waals surface area (Å²) in [6.07, 6.45) is 6.26.